The molecule has 3 rings (SSSR count). The quantitative estimate of drug-likeness (QED) is 0.448. The Morgan fingerprint density at radius 1 is 1.17 bits per heavy atom. The second-order valence-corrected chi connectivity index (χ2v) is 8.78. The molecule has 152 valence electrons. The summed E-state index contributed by atoms with van der Waals surface area (Å²) < 4.78 is 26.3. The number of nitrogens with zero attached hydrogens (tertiary/aromatic N) is 4. The van der Waals surface area contributed by atoms with Crippen LogP contribution in [0.15, 0.2) is 53.7 Å². The molecular formula is C17H17N5O5S2. The summed E-state index contributed by atoms with van der Waals surface area (Å²) in [5.41, 5.74) is 1.76. The molecule has 1 heterocycles. The molecule has 2 aromatic carbocycles. The van der Waals surface area contributed by atoms with Gasteiger partial charge < -0.3 is 10.2 Å². The number of aromatic carboxylic acids is 1. The van der Waals surface area contributed by atoms with Gasteiger partial charge in [0.25, 0.3) is 0 Å². The lowest BCUT2D eigenvalue weighted by Gasteiger charge is -2.12. The van der Waals surface area contributed by atoms with Crippen LogP contribution in [-0.4, -0.2) is 56.8 Å². The predicted octanol–water partition coefficient (Wildman–Crippen LogP) is 1.56. The van der Waals surface area contributed by atoms with Crippen molar-refractivity contribution in [2.24, 2.45) is 0 Å². The third-order valence-corrected chi connectivity index (χ3v) is 5.37. The molecule has 3 aromatic rings. The van der Waals surface area contributed by atoms with E-state index in [4.69, 9.17) is 5.11 Å². The highest BCUT2D eigenvalue weighted by Gasteiger charge is 2.14. The van der Waals surface area contributed by atoms with Crippen LogP contribution in [0.5, 0.6) is 0 Å². The van der Waals surface area contributed by atoms with Gasteiger partial charge >= 0.3 is 5.97 Å². The van der Waals surface area contributed by atoms with Crippen LogP contribution in [0.3, 0.4) is 0 Å². The lowest BCUT2D eigenvalue weighted by molar-refractivity contribution is 0.0697. The van der Waals surface area contributed by atoms with E-state index in [0.29, 0.717) is 22.1 Å². The van der Waals surface area contributed by atoms with E-state index in [-0.39, 0.29) is 11.3 Å². The van der Waals surface area contributed by atoms with Gasteiger partial charge in [-0.2, -0.15) is 4.68 Å². The number of hydrogen-bond donors (Lipinski definition) is 3. The van der Waals surface area contributed by atoms with E-state index in [1.165, 1.54) is 28.6 Å². The minimum absolute atomic E-state index is 0.153. The zero-order valence-electron chi connectivity index (χ0n) is 15.1. The monoisotopic (exact) mass is 435 g/mol. The van der Waals surface area contributed by atoms with Gasteiger partial charge in [-0.1, -0.05) is 23.9 Å². The summed E-state index contributed by atoms with van der Waals surface area (Å²) in [5, 5.41) is 31.3. The number of anilines is 1. The van der Waals surface area contributed by atoms with Gasteiger partial charge in [-0.05, 0) is 52.4 Å². The molecule has 1 unspecified atom stereocenters. The van der Waals surface area contributed by atoms with Crippen LogP contribution in [-0.2, 0) is 10.0 Å². The van der Waals surface area contributed by atoms with Gasteiger partial charge in [-0.15, -0.1) is 5.10 Å². The first kappa shape index (κ1) is 20.8. The minimum Gasteiger partial charge on any atom is -0.478 e. The first-order chi connectivity index (χ1) is 13.7. The van der Waals surface area contributed by atoms with Gasteiger partial charge in [-0.3, -0.25) is 4.72 Å². The number of tetrazole rings is 1. The van der Waals surface area contributed by atoms with E-state index in [1.54, 1.807) is 36.4 Å². The van der Waals surface area contributed by atoms with Crippen molar-refractivity contribution < 1.29 is 23.4 Å². The molecule has 0 saturated carbocycles. The van der Waals surface area contributed by atoms with Crippen molar-refractivity contribution >= 4 is 33.4 Å². The summed E-state index contributed by atoms with van der Waals surface area (Å²) in [5.74, 6) is -0.768. The van der Waals surface area contributed by atoms with E-state index >= 15 is 0 Å². The number of sulfonamides is 1. The standard InChI is InChI=1S/C17H17N5O5S2/c1-29(26,27)19-13-6-2-11(3-7-13)15(23)10-28-17-18-20-21-22(17)14-8-4-12(5-9-14)16(24)25/h2-9,15,19,23H,10H2,1H3,(H,24,25). The number of aromatic nitrogens is 4. The second-order valence-electron chi connectivity index (χ2n) is 6.05. The average molecular weight is 435 g/mol. The Hall–Kier alpha value is -2.96. The van der Waals surface area contributed by atoms with Gasteiger partial charge in [0.05, 0.1) is 23.6 Å². The maximum Gasteiger partial charge on any atom is 0.335 e. The van der Waals surface area contributed by atoms with E-state index in [2.05, 4.69) is 20.2 Å². The van der Waals surface area contributed by atoms with Crippen LogP contribution in [0.1, 0.15) is 22.0 Å². The molecule has 0 spiro atoms. The summed E-state index contributed by atoms with van der Waals surface area (Å²) in [6.45, 7) is 0. The van der Waals surface area contributed by atoms with Crippen LogP contribution in [0, 0.1) is 0 Å². The third-order valence-electron chi connectivity index (χ3n) is 3.77. The fourth-order valence-electron chi connectivity index (χ4n) is 2.41. The molecule has 0 bridgehead atoms. The SMILES string of the molecule is CS(=O)(=O)Nc1ccc(C(O)CSc2nnnn2-c2ccc(C(=O)O)cc2)cc1. The van der Waals surface area contributed by atoms with E-state index in [9.17, 15) is 18.3 Å². The van der Waals surface area contributed by atoms with Gasteiger partial charge in [-0.25, -0.2) is 13.2 Å². The van der Waals surface area contributed by atoms with Crippen molar-refractivity contribution in [3.63, 3.8) is 0 Å². The number of carboxylic acids is 1. The summed E-state index contributed by atoms with van der Waals surface area (Å²) in [6, 6.07) is 12.5. The number of aliphatic hydroxyl groups is 1. The summed E-state index contributed by atoms with van der Waals surface area (Å²) in [7, 11) is -3.36. The fraction of sp³-hybridized carbons (Fsp3) is 0.176. The fourth-order valence-corrected chi connectivity index (χ4v) is 3.84. The number of hydrogen-bond acceptors (Lipinski definition) is 8. The van der Waals surface area contributed by atoms with E-state index in [0.717, 1.165) is 6.26 Å². The molecular weight excluding hydrogens is 418 g/mol. The Bertz CT molecular complexity index is 1100. The Kier molecular flexibility index (Phi) is 6.15. The molecule has 0 amide bonds. The number of benzene rings is 2. The van der Waals surface area contributed by atoms with E-state index in [1.807, 2.05) is 0 Å². The summed E-state index contributed by atoms with van der Waals surface area (Å²) in [6.07, 6.45) is 0.234. The van der Waals surface area contributed by atoms with Crippen molar-refractivity contribution in [1.82, 2.24) is 20.2 Å². The largest absolute Gasteiger partial charge is 0.478 e. The second kappa shape index (κ2) is 8.59. The molecule has 29 heavy (non-hydrogen) atoms. The first-order valence-corrected chi connectivity index (χ1v) is 11.1. The zero-order valence-corrected chi connectivity index (χ0v) is 16.8. The lowest BCUT2D eigenvalue weighted by Crippen LogP contribution is -2.09. The number of nitrogens with one attached hydrogen (secondary N) is 1. The number of rotatable bonds is 8. The molecule has 0 aliphatic rings. The van der Waals surface area contributed by atoms with Gasteiger partial charge in [0.1, 0.15) is 0 Å². The molecule has 0 radical (unpaired) electrons. The molecule has 10 nitrogen and oxygen atoms in total. The Balaban J connectivity index is 1.66. The molecule has 0 saturated heterocycles. The Morgan fingerprint density at radius 2 is 1.83 bits per heavy atom. The Morgan fingerprint density at radius 3 is 2.41 bits per heavy atom. The van der Waals surface area contributed by atoms with Gasteiger partial charge in [0.15, 0.2) is 0 Å². The maximum absolute atomic E-state index is 11.2. The predicted molar refractivity (Wildman–Crippen MR) is 107 cm³/mol. The molecule has 3 N–H and O–H groups in total. The number of carboxylic acid groups (broad SMARTS) is 1. The molecule has 0 aliphatic carbocycles. The summed E-state index contributed by atoms with van der Waals surface area (Å²) in [4.78, 5) is 11.0. The summed E-state index contributed by atoms with van der Waals surface area (Å²) >= 11 is 1.23. The number of thioether (sulfide) groups is 1. The highest BCUT2D eigenvalue weighted by atomic mass is 32.2. The third kappa shape index (κ3) is 5.53. The Labute approximate surface area is 170 Å². The molecule has 0 fully saturated rings. The van der Waals surface area contributed by atoms with Crippen molar-refractivity contribution in [2.75, 3.05) is 16.7 Å². The van der Waals surface area contributed by atoms with Crippen molar-refractivity contribution in [1.29, 1.82) is 0 Å². The first-order valence-electron chi connectivity index (χ1n) is 8.23. The minimum atomic E-state index is -3.36. The maximum atomic E-state index is 11.2. The topological polar surface area (TPSA) is 147 Å². The van der Waals surface area contributed by atoms with Crippen molar-refractivity contribution in [3.8, 4) is 5.69 Å². The lowest BCUT2D eigenvalue weighted by atomic mass is 10.1. The van der Waals surface area contributed by atoms with Crippen LogP contribution in [0.25, 0.3) is 5.69 Å². The van der Waals surface area contributed by atoms with Gasteiger partial charge in [0.2, 0.25) is 15.2 Å². The van der Waals surface area contributed by atoms with E-state index < -0.39 is 22.1 Å². The van der Waals surface area contributed by atoms with Crippen LogP contribution < -0.4 is 4.72 Å². The smallest absolute Gasteiger partial charge is 0.335 e. The van der Waals surface area contributed by atoms with Crippen LogP contribution >= 0.6 is 11.8 Å². The highest BCUT2D eigenvalue weighted by Crippen LogP contribution is 2.25. The van der Waals surface area contributed by atoms with Gasteiger partial charge in [0, 0.05) is 11.4 Å². The molecule has 1 atom stereocenters. The van der Waals surface area contributed by atoms with Crippen LogP contribution in [0.4, 0.5) is 5.69 Å². The molecule has 1 aromatic heterocycles. The normalized spacial score (nSPS) is 12.5. The number of aliphatic hydroxyl groups excluding tert-OH is 1. The highest BCUT2D eigenvalue weighted by molar-refractivity contribution is 7.99. The molecule has 12 heteroatoms. The average Bonchev–Trinajstić information content (AvgIpc) is 3.14. The van der Waals surface area contributed by atoms with Crippen molar-refractivity contribution in [2.45, 2.75) is 11.3 Å². The zero-order chi connectivity index (χ0) is 21.0. The van der Waals surface area contributed by atoms with Crippen molar-refractivity contribution in [3.05, 3.63) is 59.7 Å². The number of carbonyl (C=O) groups is 1. The van der Waals surface area contributed by atoms with Crippen LogP contribution in [0.2, 0.25) is 0 Å². The molecule has 0 aliphatic heterocycles.